The molecule has 28 heavy (non-hydrogen) atoms. The molecule has 2 amide bonds. The van der Waals surface area contributed by atoms with E-state index in [0.29, 0.717) is 13.1 Å². The molecule has 1 aromatic carbocycles. The van der Waals surface area contributed by atoms with Crippen molar-refractivity contribution in [2.45, 2.75) is 13.8 Å². The van der Waals surface area contributed by atoms with Gasteiger partial charge in [-0.2, -0.15) is 5.10 Å². The van der Waals surface area contributed by atoms with Crippen molar-refractivity contribution < 1.29 is 4.79 Å². The van der Waals surface area contributed by atoms with E-state index in [1.165, 1.54) is 0 Å². The second kappa shape index (κ2) is 7.67. The number of piperazine rings is 1. The number of aromatic nitrogens is 4. The van der Waals surface area contributed by atoms with Crippen LogP contribution in [0.4, 0.5) is 16.3 Å². The third-order valence-corrected chi connectivity index (χ3v) is 4.78. The van der Waals surface area contributed by atoms with Crippen LogP contribution in [0.15, 0.2) is 48.8 Å². The lowest BCUT2D eigenvalue weighted by molar-refractivity contribution is 0.208. The standard InChI is InChI=1S/C20H23N7O/c1-15-12-16(2)27(24-15)19-13-18(21-14-22-19)25-8-10-26(11-9-25)20(28)23-17-6-4-3-5-7-17/h3-7,12-14H,8-11H2,1-2H3,(H,23,28). The maximum absolute atomic E-state index is 12.4. The van der Waals surface area contributed by atoms with Crippen LogP contribution in [0.2, 0.25) is 0 Å². The molecule has 2 aromatic heterocycles. The molecule has 3 heterocycles. The van der Waals surface area contributed by atoms with Gasteiger partial charge in [0.15, 0.2) is 5.82 Å². The predicted molar refractivity (Wildman–Crippen MR) is 108 cm³/mol. The number of aryl methyl sites for hydroxylation is 2. The molecule has 3 aromatic rings. The van der Waals surface area contributed by atoms with Gasteiger partial charge in [-0.1, -0.05) is 18.2 Å². The molecular weight excluding hydrogens is 354 g/mol. The number of amides is 2. The van der Waals surface area contributed by atoms with Crippen molar-refractivity contribution in [3.63, 3.8) is 0 Å². The van der Waals surface area contributed by atoms with Crippen molar-refractivity contribution in [2.75, 3.05) is 36.4 Å². The number of carbonyl (C=O) groups is 1. The Balaban J connectivity index is 1.41. The van der Waals surface area contributed by atoms with E-state index < -0.39 is 0 Å². The molecule has 1 saturated heterocycles. The minimum atomic E-state index is -0.0723. The summed E-state index contributed by atoms with van der Waals surface area (Å²) in [4.78, 5) is 25.2. The number of anilines is 2. The Kier molecular flexibility index (Phi) is 4.92. The van der Waals surface area contributed by atoms with Crippen molar-refractivity contribution in [3.05, 3.63) is 60.2 Å². The van der Waals surface area contributed by atoms with Gasteiger partial charge >= 0.3 is 6.03 Å². The van der Waals surface area contributed by atoms with Crippen LogP contribution in [-0.2, 0) is 0 Å². The average molecular weight is 377 g/mol. The number of para-hydroxylation sites is 1. The first-order valence-electron chi connectivity index (χ1n) is 9.32. The Morgan fingerprint density at radius 3 is 2.36 bits per heavy atom. The van der Waals surface area contributed by atoms with Gasteiger partial charge in [-0.3, -0.25) is 0 Å². The van der Waals surface area contributed by atoms with Crippen molar-refractivity contribution in [1.82, 2.24) is 24.6 Å². The highest BCUT2D eigenvalue weighted by Crippen LogP contribution is 2.18. The van der Waals surface area contributed by atoms with Crippen LogP contribution in [-0.4, -0.2) is 56.9 Å². The zero-order valence-electron chi connectivity index (χ0n) is 16.0. The summed E-state index contributed by atoms with van der Waals surface area (Å²) in [5.41, 5.74) is 2.79. The van der Waals surface area contributed by atoms with Crippen molar-refractivity contribution in [1.29, 1.82) is 0 Å². The van der Waals surface area contributed by atoms with Gasteiger partial charge in [-0.15, -0.1) is 0 Å². The molecule has 0 spiro atoms. The highest BCUT2D eigenvalue weighted by Gasteiger charge is 2.22. The van der Waals surface area contributed by atoms with E-state index >= 15 is 0 Å². The number of hydrogen-bond acceptors (Lipinski definition) is 5. The summed E-state index contributed by atoms with van der Waals surface area (Å²) in [6, 6.07) is 13.4. The molecule has 0 radical (unpaired) electrons. The lowest BCUT2D eigenvalue weighted by Crippen LogP contribution is -2.50. The maximum Gasteiger partial charge on any atom is 0.321 e. The highest BCUT2D eigenvalue weighted by molar-refractivity contribution is 5.89. The normalized spacial score (nSPS) is 14.2. The molecule has 8 heteroatoms. The van der Waals surface area contributed by atoms with Gasteiger partial charge in [-0.05, 0) is 32.0 Å². The molecule has 1 N–H and O–H groups in total. The Hall–Kier alpha value is -3.42. The topological polar surface area (TPSA) is 79.2 Å². The van der Waals surface area contributed by atoms with E-state index in [0.717, 1.165) is 41.8 Å². The number of rotatable bonds is 3. The van der Waals surface area contributed by atoms with E-state index in [9.17, 15) is 4.79 Å². The number of urea groups is 1. The summed E-state index contributed by atoms with van der Waals surface area (Å²) >= 11 is 0. The molecule has 0 atom stereocenters. The van der Waals surface area contributed by atoms with Crippen LogP contribution in [0.3, 0.4) is 0 Å². The Bertz CT molecular complexity index is 962. The van der Waals surface area contributed by atoms with E-state index in [1.807, 2.05) is 65.9 Å². The first-order valence-corrected chi connectivity index (χ1v) is 9.32. The summed E-state index contributed by atoms with van der Waals surface area (Å²) in [6.07, 6.45) is 1.57. The fraction of sp³-hybridized carbons (Fsp3) is 0.300. The van der Waals surface area contributed by atoms with Crippen LogP contribution >= 0.6 is 0 Å². The molecular formula is C20H23N7O. The second-order valence-corrected chi connectivity index (χ2v) is 6.84. The molecule has 8 nitrogen and oxygen atoms in total. The fourth-order valence-corrected chi connectivity index (χ4v) is 3.35. The molecule has 4 rings (SSSR count). The van der Waals surface area contributed by atoms with Gasteiger partial charge in [0.25, 0.3) is 0 Å². The van der Waals surface area contributed by atoms with Crippen LogP contribution < -0.4 is 10.2 Å². The minimum absolute atomic E-state index is 0.0723. The van der Waals surface area contributed by atoms with Gasteiger partial charge in [0.1, 0.15) is 12.1 Å². The largest absolute Gasteiger partial charge is 0.353 e. The lowest BCUT2D eigenvalue weighted by atomic mass is 10.3. The van der Waals surface area contributed by atoms with Crippen LogP contribution in [0.1, 0.15) is 11.4 Å². The van der Waals surface area contributed by atoms with Gasteiger partial charge in [0.2, 0.25) is 0 Å². The molecule has 0 saturated carbocycles. The first kappa shape index (κ1) is 18.0. The van der Waals surface area contributed by atoms with Crippen molar-refractivity contribution >= 4 is 17.5 Å². The van der Waals surface area contributed by atoms with Crippen molar-refractivity contribution in [3.8, 4) is 5.82 Å². The van der Waals surface area contributed by atoms with E-state index in [2.05, 4.69) is 25.3 Å². The Labute approximate surface area is 163 Å². The van der Waals surface area contributed by atoms with Crippen LogP contribution in [0, 0.1) is 13.8 Å². The lowest BCUT2D eigenvalue weighted by Gasteiger charge is -2.35. The average Bonchev–Trinajstić information content (AvgIpc) is 3.07. The predicted octanol–water partition coefficient (Wildman–Crippen LogP) is 2.63. The van der Waals surface area contributed by atoms with Gasteiger partial charge in [0.05, 0.1) is 5.69 Å². The summed E-state index contributed by atoms with van der Waals surface area (Å²) < 4.78 is 1.82. The summed E-state index contributed by atoms with van der Waals surface area (Å²) in [5.74, 6) is 1.60. The Morgan fingerprint density at radius 2 is 1.68 bits per heavy atom. The summed E-state index contributed by atoms with van der Waals surface area (Å²) in [5, 5.41) is 7.43. The molecule has 1 aliphatic rings. The SMILES string of the molecule is Cc1cc(C)n(-c2cc(N3CCN(C(=O)Nc4ccccc4)CC3)ncn2)n1. The first-order chi connectivity index (χ1) is 13.6. The summed E-state index contributed by atoms with van der Waals surface area (Å²) in [7, 11) is 0. The van der Waals surface area contributed by atoms with Gasteiger partial charge < -0.3 is 15.1 Å². The molecule has 1 aliphatic heterocycles. The van der Waals surface area contributed by atoms with Gasteiger partial charge in [-0.25, -0.2) is 19.4 Å². The molecule has 0 bridgehead atoms. The van der Waals surface area contributed by atoms with E-state index in [-0.39, 0.29) is 6.03 Å². The zero-order chi connectivity index (χ0) is 19.5. The number of benzene rings is 1. The Morgan fingerprint density at radius 1 is 0.964 bits per heavy atom. The smallest absolute Gasteiger partial charge is 0.321 e. The molecule has 0 aliphatic carbocycles. The number of nitrogens with one attached hydrogen (secondary N) is 1. The number of carbonyl (C=O) groups excluding carboxylic acids is 1. The van der Waals surface area contributed by atoms with Crippen LogP contribution in [0.25, 0.3) is 5.82 Å². The van der Waals surface area contributed by atoms with Gasteiger partial charge in [0, 0.05) is 43.6 Å². The monoisotopic (exact) mass is 377 g/mol. The summed E-state index contributed by atoms with van der Waals surface area (Å²) in [6.45, 7) is 6.68. The number of hydrogen-bond donors (Lipinski definition) is 1. The number of nitrogens with zero attached hydrogens (tertiary/aromatic N) is 6. The second-order valence-electron chi connectivity index (χ2n) is 6.84. The fourth-order valence-electron chi connectivity index (χ4n) is 3.35. The molecule has 144 valence electrons. The molecule has 0 unspecified atom stereocenters. The zero-order valence-corrected chi connectivity index (χ0v) is 16.0. The third-order valence-electron chi connectivity index (χ3n) is 4.78. The van der Waals surface area contributed by atoms with E-state index in [1.54, 1.807) is 6.33 Å². The molecule has 1 fully saturated rings. The van der Waals surface area contributed by atoms with E-state index in [4.69, 9.17) is 0 Å². The quantitative estimate of drug-likeness (QED) is 0.759. The minimum Gasteiger partial charge on any atom is -0.353 e. The van der Waals surface area contributed by atoms with Crippen molar-refractivity contribution in [2.24, 2.45) is 0 Å². The maximum atomic E-state index is 12.4. The third kappa shape index (κ3) is 3.80. The highest BCUT2D eigenvalue weighted by atomic mass is 16.2. The van der Waals surface area contributed by atoms with Crippen LogP contribution in [0.5, 0.6) is 0 Å².